The van der Waals surface area contributed by atoms with Crippen molar-refractivity contribution in [1.82, 2.24) is 0 Å². The van der Waals surface area contributed by atoms with Crippen molar-refractivity contribution in [3.63, 3.8) is 0 Å². The molecule has 0 unspecified atom stereocenters. The van der Waals surface area contributed by atoms with E-state index in [1.54, 1.807) is 61.7 Å². The number of hydrogen-bond donors (Lipinski definition) is 2. The molecule has 0 saturated carbocycles. The Morgan fingerprint density at radius 3 is 1.90 bits per heavy atom. The summed E-state index contributed by atoms with van der Waals surface area (Å²) >= 11 is 0. The minimum atomic E-state index is -1.46. The number of carboxylic acid groups (broad SMARTS) is 1. The largest absolute Gasteiger partial charge is 0.545 e. The molecule has 0 atom stereocenters. The summed E-state index contributed by atoms with van der Waals surface area (Å²) < 4.78 is 5.08. The smallest absolute Gasteiger partial charge is 0.257 e. The Kier molecular flexibility index (Phi) is 5.89. The molecule has 7 heteroatoms. The summed E-state index contributed by atoms with van der Waals surface area (Å²) in [4.78, 5) is 36.5. The lowest BCUT2D eigenvalue weighted by Gasteiger charge is -2.14. The van der Waals surface area contributed by atoms with Crippen LogP contribution in [0.25, 0.3) is 0 Å². The number of benzene rings is 3. The summed E-state index contributed by atoms with van der Waals surface area (Å²) in [6.07, 6.45) is 0. The average Bonchev–Trinajstić information content (AvgIpc) is 2.74. The molecule has 0 bridgehead atoms. The highest BCUT2D eigenvalue weighted by atomic mass is 16.5. The van der Waals surface area contributed by atoms with Gasteiger partial charge in [-0.15, -0.1) is 0 Å². The third-order valence-electron chi connectivity index (χ3n) is 4.16. The molecule has 0 aliphatic rings. The number of para-hydroxylation sites is 1. The van der Waals surface area contributed by atoms with Crippen LogP contribution in [0.15, 0.2) is 72.8 Å². The topological polar surface area (TPSA) is 108 Å². The average molecular weight is 389 g/mol. The van der Waals surface area contributed by atoms with Gasteiger partial charge in [-0.2, -0.15) is 0 Å². The number of carbonyl (C=O) groups excluding carboxylic acids is 3. The van der Waals surface area contributed by atoms with Gasteiger partial charge >= 0.3 is 0 Å². The molecule has 146 valence electrons. The summed E-state index contributed by atoms with van der Waals surface area (Å²) in [5.41, 5.74) is 0.738. The Morgan fingerprint density at radius 1 is 0.724 bits per heavy atom. The van der Waals surface area contributed by atoms with E-state index in [1.807, 2.05) is 0 Å². The molecule has 0 aliphatic carbocycles. The van der Waals surface area contributed by atoms with Gasteiger partial charge in [0.15, 0.2) is 0 Å². The molecule has 2 amide bonds. The zero-order chi connectivity index (χ0) is 20.8. The van der Waals surface area contributed by atoms with Crippen LogP contribution in [-0.2, 0) is 0 Å². The van der Waals surface area contributed by atoms with Crippen molar-refractivity contribution in [3.8, 4) is 5.75 Å². The maximum atomic E-state index is 12.7. The Hall–Kier alpha value is -4.13. The van der Waals surface area contributed by atoms with E-state index in [2.05, 4.69) is 10.6 Å². The molecule has 0 heterocycles. The van der Waals surface area contributed by atoms with Crippen LogP contribution in [-0.4, -0.2) is 24.9 Å². The molecule has 3 aromatic rings. The van der Waals surface area contributed by atoms with Crippen LogP contribution in [0.4, 0.5) is 11.4 Å². The van der Waals surface area contributed by atoms with Crippen molar-refractivity contribution < 1.29 is 24.2 Å². The van der Waals surface area contributed by atoms with Gasteiger partial charge in [-0.1, -0.05) is 30.3 Å². The van der Waals surface area contributed by atoms with Gasteiger partial charge in [-0.3, -0.25) is 9.59 Å². The van der Waals surface area contributed by atoms with Crippen molar-refractivity contribution in [2.75, 3.05) is 17.7 Å². The first kappa shape index (κ1) is 19.6. The number of carbonyl (C=O) groups is 3. The number of amides is 2. The molecular weight excluding hydrogens is 372 g/mol. The first-order valence-corrected chi connectivity index (χ1v) is 8.65. The number of anilines is 2. The summed E-state index contributed by atoms with van der Waals surface area (Å²) in [5.74, 6) is -1.89. The second kappa shape index (κ2) is 8.71. The Morgan fingerprint density at radius 2 is 1.28 bits per heavy atom. The van der Waals surface area contributed by atoms with Crippen LogP contribution in [0, 0.1) is 0 Å². The molecule has 0 saturated heterocycles. The Bertz CT molecular complexity index is 1060. The maximum absolute atomic E-state index is 12.7. The molecule has 0 spiro atoms. The molecule has 0 radical (unpaired) electrons. The van der Waals surface area contributed by atoms with Crippen LogP contribution in [0.1, 0.15) is 31.1 Å². The lowest BCUT2D eigenvalue weighted by atomic mass is 10.1. The number of aromatic carboxylic acids is 1. The number of rotatable bonds is 6. The van der Waals surface area contributed by atoms with E-state index in [0.29, 0.717) is 11.4 Å². The van der Waals surface area contributed by atoms with E-state index >= 15 is 0 Å². The summed E-state index contributed by atoms with van der Waals surface area (Å²) in [6.45, 7) is 0. The fourth-order valence-electron chi connectivity index (χ4n) is 2.71. The quantitative estimate of drug-likeness (QED) is 0.674. The molecule has 3 aromatic carbocycles. The minimum Gasteiger partial charge on any atom is -0.545 e. The molecule has 0 aromatic heterocycles. The van der Waals surface area contributed by atoms with Crippen LogP contribution < -0.4 is 20.5 Å². The minimum absolute atomic E-state index is 0.0575. The summed E-state index contributed by atoms with van der Waals surface area (Å²) in [6, 6.07) is 18.9. The lowest BCUT2D eigenvalue weighted by molar-refractivity contribution is -0.255. The van der Waals surface area contributed by atoms with Gasteiger partial charge in [0, 0.05) is 16.8 Å². The van der Waals surface area contributed by atoms with Crippen molar-refractivity contribution in [2.24, 2.45) is 0 Å². The maximum Gasteiger partial charge on any atom is 0.257 e. The van der Waals surface area contributed by atoms with Gasteiger partial charge in [-0.25, -0.2) is 0 Å². The number of nitrogens with one attached hydrogen (secondary N) is 2. The molecular formula is C22H17N2O5-. The Labute approximate surface area is 166 Å². The van der Waals surface area contributed by atoms with Gasteiger partial charge in [-0.05, 0) is 42.5 Å². The molecule has 3 rings (SSSR count). The molecule has 0 aliphatic heterocycles. The van der Waals surface area contributed by atoms with E-state index in [0.717, 1.165) is 0 Å². The zero-order valence-electron chi connectivity index (χ0n) is 15.5. The van der Waals surface area contributed by atoms with Crippen LogP contribution in [0.3, 0.4) is 0 Å². The fraction of sp³-hybridized carbons (Fsp3) is 0.0455. The van der Waals surface area contributed by atoms with Gasteiger partial charge in [0.1, 0.15) is 5.75 Å². The predicted octanol–water partition coefficient (Wildman–Crippen LogP) is 2.56. The monoisotopic (exact) mass is 389 g/mol. The van der Waals surface area contributed by atoms with Crippen molar-refractivity contribution >= 4 is 29.2 Å². The highest BCUT2D eigenvalue weighted by Gasteiger charge is 2.16. The standard InChI is InChI=1S/C22H18N2O5/c1-29-15-12-10-14(11-13-15)23-21(26)18-8-4-5-9-19(18)24-20(25)16-6-2-3-7-17(16)22(27)28/h2-13H,1H3,(H,23,26)(H,24,25)(H,27,28)/p-1. The number of ether oxygens (including phenoxy) is 1. The van der Waals surface area contributed by atoms with Gasteiger partial charge in [0.2, 0.25) is 0 Å². The van der Waals surface area contributed by atoms with E-state index in [-0.39, 0.29) is 22.4 Å². The second-order valence-corrected chi connectivity index (χ2v) is 6.02. The van der Waals surface area contributed by atoms with Gasteiger partial charge in [0.05, 0.1) is 24.3 Å². The first-order valence-electron chi connectivity index (χ1n) is 8.65. The van der Waals surface area contributed by atoms with E-state index in [1.165, 1.54) is 18.2 Å². The van der Waals surface area contributed by atoms with E-state index in [4.69, 9.17) is 4.74 Å². The molecule has 0 fully saturated rings. The van der Waals surface area contributed by atoms with Crippen LogP contribution in [0.5, 0.6) is 5.75 Å². The SMILES string of the molecule is COc1ccc(NC(=O)c2ccccc2NC(=O)c2ccccc2C(=O)[O-])cc1. The third-order valence-corrected chi connectivity index (χ3v) is 4.16. The first-order chi connectivity index (χ1) is 14.0. The van der Waals surface area contributed by atoms with E-state index in [9.17, 15) is 19.5 Å². The fourth-order valence-corrected chi connectivity index (χ4v) is 2.71. The lowest BCUT2D eigenvalue weighted by Crippen LogP contribution is -2.26. The van der Waals surface area contributed by atoms with Crippen molar-refractivity contribution in [3.05, 3.63) is 89.5 Å². The molecule has 2 N–H and O–H groups in total. The second-order valence-electron chi connectivity index (χ2n) is 6.02. The van der Waals surface area contributed by atoms with Crippen molar-refractivity contribution in [1.29, 1.82) is 0 Å². The third kappa shape index (κ3) is 4.59. The van der Waals surface area contributed by atoms with Gasteiger partial charge < -0.3 is 25.3 Å². The van der Waals surface area contributed by atoms with Crippen molar-refractivity contribution in [2.45, 2.75) is 0 Å². The number of methoxy groups -OCH3 is 1. The van der Waals surface area contributed by atoms with Gasteiger partial charge in [0.25, 0.3) is 11.8 Å². The normalized spacial score (nSPS) is 10.1. The number of hydrogen-bond acceptors (Lipinski definition) is 5. The number of carboxylic acids is 1. The predicted molar refractivity (Wildman–Crippen MR) is 106 cm³/mol. The molecule has 7 nitrogen and oxygen atoms in total. The Balaban J connectivity index is 1.82. The highest BCUT2D eigenvalue weighted by molar-refractivity contribution is 6.14. The zero-order valence-corrected chi connectivity index (χ0v) is 15.5. The summed E-state index contributed by atoms with van der Waals surface area (Å²) in [7, 11) is 1.55. The molecule has 29 heavy (non-hydrogen) atoms. The van der Waals surface area contributed by atoms with Crippen LogP contribution >= 0.6 is 0 Å². The van der Waals surface area contributed by atoms with E-state index < -0.39 is 17.8 Å². The van der Waals surface area contributed by atoms with Crippen LogP contribution in [0.2, 0.25) is 0 Å². The summed E-state index contributed by atoms with van der Waals surface area (Å²) in [5, 5.41) is 16.6. The highest BCUT2D eigenvalue weighted by Crippen LogP contribution is 2.20.